The van der Waals surface area contributed by atoms with Crippen molar-refractivity contribution in [3.05, 3.63) is 65.5 Å². The van der Waals surface area contributed by atoms with Crippen LogP contribution in [0.5, 0.6) is 0 Å². The minimum Gasteiger partial charge on any atom is -0.461 e. The van der Waals surface area contributed by atoms with Gasteiger partial charge in [-0.3, -0.25) is 9.36 Å². The van der Waals surface area contributed by atoms with E-state index in [-0.39, 0.29) is 12.6 Å². The Morgan fingerprint density at radius 2 is 1.90 bits per heavy atom. The average molecular weight is 387 g/mol. The normalized spacial score (nSPS) is 11.0. The molecule has 0 atom stereocenters. The number of hydrogen-bond donors (Lipinski definition) is 1. The molecule has 0 spiro atoms. The van der Waals surface area contributed by atoms with Crippen LogP contribution in [0.4, 0.5) is 5.82 Å². The third kappa shape index (κ3) is 3.54. The van der Waals surface area contributed by atoms with Gasteiger partial charge < -0.3 is 10.5 Å². The molecule has 0 saturated carbocycles. The third-order valence-corrected chi connectivity index (χ3v) is 4.65. The summed E-state index contributed by atoms with van der Waals surface area (Å²) in [5.74, 6) is 0.781. The summed E-state index contributed by atoms with van der Waals surface area (Å²) in [7, 11) is 0. The number of carbonyl (C=O) groups excluding carboxylic acids is 1. The molecule has 0 saturated heterocycles. The first-order valence-electron chi connectivity index (χ1n) is 9.24. The number of nitrogen functional groups attached to an aromatic ring is 1. The third-order valence-electron chi connectivity index (χ3n) is 4.65. The van der Waals surface area contributed by atoms with Gasteiger partial charge >= 0.3 is 5.97 Å². The van der Waals surface area contributed by atoms with Crippen molar-refractivity contribution in [2.75, 3.05) is 5.73 Å². The van der Waals surface area contributed by atoms with Gasteiger partial charge in [0.05, 0.1) is 5.56 Å². The number of nitrogens with zero attached hydrogens (tertiary/aromatic N) is 4. The zero-order chi connectivity index (χ0) is 20.5. The number of hydrogen-bond acceptors (Lipinski definition) is 6. The van der Waals surface area contributed by atoms with Gasteiger partial charge in [-0.15, -0.1) is 0 Å². The summed E-state index contributed by atoms with van der Waals surface area (Å²) >= 11 is 0. The molecule has 1 aromatic carbocycles. The van der Waals surface area contributed by atoms with Crippen molar-refractivity contribution in [3.63, 3.8) is 0 Å². The van der Waals surface area contributed by atoms with E-state index < -0.39 is 0 Å². The number of pyridine rings is 2. The van der Waals surface area contributed by atoms with Crippen LogP contribution in [0.2, 0.25) is 0 Å². The van der Waals surface area contributed by atoms with E-state index in [2.05, 4.69) is 4.98 Å². The zero-order valence-corrected chi connectivity index (χ0v) is 16.5. The molecule has 3 heterocycles. The average Bonchev–Trinajstić information content (AvgIpc) is 3.06. The van der Waals surface area contributed by atoms with Crippen LogP contribution in [0.25, 0.3) is 28.2 Å². The number of fused-ring (bicyclic) bond motifs is 1. The van der Waals surface area contributed by atoms with Crippen LogP contribution in [0.1, 0.15) is 23.7 Å². The van der Waals surface area contributed by atoms with Crippen LogP contribution < -0.4 is 5.73 Å². The van der Waals surface area contributed by atoms with Gasteiger partial charge in [-0.2, -0.15) is 0 Å². The van der Waals surface area contributed by atoms with Gasteiger partial charge in [0.1, 0.15) is 17.9 Å². The number of esters is 1. The molecule has 0 radical (unpaired) electrons. The van der Waals surface area contributed by atoms with Gasteiger partial charge in [0, 0.05) is 24.5 Å². The molecule has 4 rings (SSSR count). The maximum atomic E-state index is 11.1. The molecule has 7 heteroatoms. The Balaban J connectivity index is 1.91. The maximum Gasteiger partial charge on any atom is 0.302 e. The predicted molar refractivity (Wildman–Crippen MR) is 111 cm³/mol. The molecule has 4 aromatic rings. The number of aromatic nitrogens is 4. The molecule has 2 N–H and O–H groups in total. The van der Waals surface area contributed by atoms with Gasteiger partial charge in [-0.25, -0.2) is 15.0 Å². The van der Waals surface area contributed by atoms with Gasteiger partial charge in [0.2, 0.25) is 0 Å². The lowest BCUT2D eigenvalue weighted by Crippen LogP contribution is -2.03. The Morgan fingerprint density at radius 1 is 1.14 bits per heavy atom. The first kappa shape index (κ1) is 18.6. The van der Waals surface area contributed by atoms with Crippen molar-refractivity contribution in [3.8, 4) is 17.1 Å². The highest BCUT2D eigenvalue weighted by Gasteiger charge is 2.19. The zero-order valence-electron chi connectivity index (χ0n) is 16.5. The van der Waals surface area contributed by atoms with E-state index in [0.29, 0.717) is 11.6 Å². The second-order valence-electron chi connectivity index (χ2n) is 6.91. The van der Waals surface area contributed by atoms with E-state index in [9.17, 15) is 4.79 Å². The van der Waals surface area contributed by atoms with Crippen molar-refractivity contribution in [1.29, 1.82) is 0 Å². The van der Waals surface area contributed by atoms with Crippen LogP contribution in [-0.4, -0.2) is 25.5 Å². The van der Waals surface area contributed by atoms with Crippen LogP contribution in [0, 0.1) is 13.8 Å². The van der Waals surface area contributed by atoms with E-state index in [4.69, 9.17) is 20.4 Å². The van der Waals surface area contributed by atoms with E-state index in [0.717, 1.165) is 39.2 Å². The fourth-order valence-electron chi connectivity index (χ4n) is 3.32. The summed E-state index contributed by atoms with van der Waals surface area (Å²) < 4.78 is 7.06. The number of ether oxygens (including phenoxy) is 1. The number of anilines is 1. The largest absolute Gasteiger partial charge is 0.461 e. The molecule has 0 unspecified atom stereocenters. The Hall–Kier alpha value is -3.74. The standard InChI is InChI=1S/C22H21N5O2/c1-13-11-14(2)25-22-19(13)26-21(18-5-4-10-24-20(18)23)27(22)17-8-6-16(7-9-17)12-29-15(3)28/h4-11H,12H2,1-3H3,(H2,23,24). The second-order valence-corrected chi connectivity index (χ2v) is 6.91. The lowest BCUT2D eigenvalue weighted by molar-refractivity contribution is -0.142. The van der Waals surface area contributed by atoms with Crippen molar-refractivity contribution in [2.24, 2.45) is 0 Å². The lowest BCUT2D eigenvalue weighted by atomic mass is 10.2. The van der Waals surface area contributed by atoms with Crippen LogP contribution in [0.3, 0.4) is 0 Å². The van der Waals surface area contributed by atoms with Gasteiger partial charge in [0.25, 0.3) is 0 Å². The summed E-state index contributed by atoms with van der Waals surface area (Å²) in [4.78, 5) is 24.9. The van der Waals surface area contributed by atoms with Crippen LogP contribution in [-0.2, 0) is 16.1 Å². The van der Waals surface area contributed by atoms with Crippen molar-refractivity contribution in [1.82, 2.24) is 19.5 Å². The fourth-order valence-corrected chi connectivity index (χ4v) is 3.32. The number of rotatable bonds is 4. The van der Waals surface area contributed by atoms with Crippen molar-refractivity contribution < 1.29 is 9.53 Å². The monoisotopic (exact) mass is 387 g/mol. The summed E-state index contributed by atoms with van der Waals surface area (Å²) in [5, 5.41) is 0. The summed E-state index contributed by atoms with van der Waals surface area (Å²) in [6, 6.07) is 13.5. The molecule has 0 aliphatic heterocycles. The minimum absolute atomic E-state index is 0.235. The van der Waals surface area contributed by atoms with Gasteiger partial charge in [-0.1, -0.05) is 12.1 Å². The SMILES string of the molecule is CC(=O)OCc1ccc(-n2c(-c3cccnc3N)nc3c(C)cc(C)nc32)cc1. The Morgan fingerprint density at radius 3 is 2.59 bits per heavy atom. The molecular formula is C22H21N5O2. The molecule has 0 aliphatic rings. The van der Waals surface area contributed by atoms with Crippen LogP contribution in [0.15, 0.2) is 48.7 Å². The highest BCUT2D eigenvalue weighted by atomic mass is 16.5. The Labute approximate surface area is 168 Å². The van der Waals surface area contributed by atoms with E-state index in [1.165, 1.54) is 6.92 Å². The topological polar surface area (TPSA) is 95.9 Å². The quantitative estimate of drug-likeness (QED) is 0.536. The fraction of sp³-hybridized carbons (Fsp3) is 0.182. The molecule has 0 amide bonds. The highest BCUT2D eigenvalue weighted by molar-refractivity contribution is 5.84. The Bertz CT molecular complexity index is 1210. The molecule has 7 nitrogen and oxygen atoms in total. The molecule has 0 fully saturated rings. The first-order chi connectivity index (χ1) is 13.9. The van der Waals surface area contributed by atoms with Crippen LogP contribution >= 0.6 is 0 Å². The number of nitrogens with two attached hydrogens (primary N) is 1. The predicted octanol–water partition coefficient (Wildman–Crippen LogP) is 3.74. The van der Waals surface area contributed by atoms with Gasteiger partial charge in [-0.05, 0) is 55.3 Å². The molecule has 3 aromatic heterocycles. The summed E-state index contributed by atoms with van der Waals surface area (Å²) in [5.41, 5.74) is 12.2. The molecule has 0 bridgehead atoms. The molecular weight excluding hydrogens is 366 g/mol. The van der Waals surface area contributed by atoms with Gasteiger partial charge in [0.15, 0.2) is 11.5 Å². The smallest absolute Gasteiger partial charge is 0.302 e. The Kier molecular flexibility index (Phi) is 4.72. The van der Waals surface area contributed by atoms with Crippen molar-refractivity contribution in [2.45, 2.75) is 27.4 Å². The molecule has 29 heavy (non-hydrogen) atoms. The minimum atomic E-state index is -0.306. The number of aryl methyl sites for hydroxylation is 2. The summed E-state index contributed by atoms with van der Waals surface area (Å²) in [6.07, 6.45) is 1.66. The van der Waals surface area contributed by atoms with E-state index in [1.807, 2.05) is 60.9 Å². The number of carbonyl (C=O) groups is 1. The number of imidazole rings is 1. The maximum absolute atomic E-state index is 11.1. The van der Waals surface area contributed by atoms with E-state index >= 15 is 0 Å². The first-order valence-corrected chi connectivity index (χ1v) is 9.24. The lowest BCUT2D eigenvalue weighted by Gasteiger charge is -2.11. The summed E-state index contributed by atoms with van der Waals surface area (Å²) in [6.45, 7) is 5.61. The van der Waals surface area contributed by atoms with Crippen molar-refractivity contribution >= 4 is 23.0 Å². The number of benzene rings is 1. The molecule has 146 valence electrons. The highest BCUT2D eigenvalue weighted by Crippen LogP contribution is 2.31. The molecule has 0 aliphatic carbocycles. The second kappa shape index (κ2) is 7.35. The van der Waals surface area contributed by atoms with E-state index in [1.54, 1.807) is 6.20 Å².